The van der Waals surface area contributed by atoms with Crippen molar-refractivity contribution >= 4 is 23.4 Å². The van der Waals surface area contributed by atoms with Gasteiger partial charge in [-0.3, -0.25) is 9.59 Å². The Hall–Kier alpha value is -3.26. The van der Waals surface area contributed by atoms with E-state index in [-0.39, 0.29) is 28.3 Å². The van der Waals surface area contributed by atoms with Crippen LogP contribution in [0.4, 0.5) is 4.39 Å². The molecular formula is C22H20ClFN4O3. The maximum Gasteiger partial charge on any atom is 0.251 e. The molecule has 1 heterocycles. The highest BCUT2D eigenvalue weighted by Crippen LogP contribution is 2.39. The molecule has 7 nitrogen and oxygen atoms in total. The van der Waals surface area contributed by atoms with Crippen LogP contribution < -0.4 is 10.6 Å². The number of nitrogens with zero attached hydrogens (tertiary/aromatic N) is 2. The molecule has 0 aliphatic heterocycles. The van der Waals surface area contributed by atoms with E-state index in [1.807, 2.05) is 30.3 Å². The Labute approximate surface area is 183 Å². The molecular weight excluding hydrogens is 423 g/mol. The normalized spacial score (nSPS) is 20.4. The zero-order valence-electron chi connectivity index (χ0n) is 16.6. The molecule has 2 aromatic carbocycles. The van der Waals surface area contributed by atoms with Crippen LogP contribution in [0, 0.1) is 11.7 Å². The summed E-state index contributed by atoms with van der Waals surface area (Å²) in [5.74, 6) is -0.999. The summed E-state index contributed by atoms with van der Waals surface area (Å²) in [6.07, 6.45) is 0.860. The predicted molar refractivity (Wildman–Crippen MR) is 112 cm³/mol. The minimum Gasteiger partial charge on any atom is -0.359 e. The molecule has 2 N–H and O–H groups in total. The lowest BCUT2D eigenvalue weighted by Crippen LogP contribution is -2.37. The SMILES string of the molecule is CNC(=O)C1CC(NC(=O)c2ccc(F)c(Cl)c2)C(c2nc(-c3ccccc3)no2)C1. The van der Waals surface area contributed by atoms with Crippen molar-refractivity contribution in [2.45, 2.75) is 24.8 Å². The molecule has 1 saturated carbocycles. The van der Waals surface area contributed by atoms with Crippen LogP contribution in [0.2, 0.25) is 5.02 Å². The molecule has 2 amide bonds. The van der Waals surface area contributed by atoms with Gasteiger partial charge in [-0.05, 0) is 31.0 Å². The van der Waals surface area contributed by atoms with Gasteiger partial charge < -0.3 is 15.2 Å². The third-order valence-corrected chi connectivity index (χ3v) is 5.76. The summed E-state index contributed by atoms with van der Waals surface area (Å²) >= 11 is 5.80. The Balaban J connectivity index is 1.58. The Bertz CT molecular complexity index is 1110. The number of hydrogen-bond acceptors (Lipinski definition) is 5. The average molecular weight is 443 g/mol. The maximum atomic E-state index is 13.4. The van der Waals surface area contributed by atoms with Crippen molar-refractivity contribution in [2.75, 3.05) is 7.05 Å². The minimum atomic E-state index is -0.601. The number of nitrogens with one attached hydrogen (secondary N) is 2. The fourth-order valence-electron chi connectivity index (χ4n) is 3.87. The number of rotatable bonds is 5. The number of benzene rings is 2. The van der Waals surface area contributed by atoms with Gasteiger partial charge in [-0.2, -0.15) is 4.98 Å². The van der Waals surface area contributed by atoms with Gasteiger partial charge in [0.1, 0.15) is 5.82 Å². The van der Waals surface area contributed by atoms with Crippen molar-refractivity contribution < 1.29 is 18.5 Å². The highest BCUT2D eigenvalue weighted by atomic mass is 35.5. The second kappa shape index (κ2) is 8.85. The number of aromatic nitrogens is 2. The third-order valence-electron chi connectivity index (χ3n) is 5.47. The first-order chi connectivity index (χ1) is 15.0. The molecule has 0 spiro atoms. The van der Waals surface area contributed by atoms with Crippen LogP contribution in [0.3, 0.4) is 0 Å². The highest BCUT2D eigenvalue weighted by Gasteiger charge is 2.42. The van der Waals surface area contributed by atoms with E-state index < -0.39 is 17.8 Å². The van der Waals surface area contributed by atoms with E-state index >= 15 is 0 Å². The van der Waals surface area contributed by atoms with Crippen molar-refractivity contribution in [2.24, 2.45) is 5.92 Å². The number of amides is 2. The van der Waals surface area contributed by atoms with Crippen LogP contribution in [0.1, 0.15) is 35.0 Å². The molecule has 160 valence electrons. The van der Waals surface area contributed by atoms with Gasteiger partial charge in [-0.15, -0.1) is 0 Å². The van der Waals surface area contributed by atoms with Crippen LogP contribution in [-0.4, -0.2) is 35.0 Å². The number of carbonyl (C=O) groups excluding carboxylic acids is 2. The summed E-state index contributed by atoms with van der Waals surface area (Å²) in [5.41, 5.74) is 1.03. The second-order valence-corrected chi connectivity index (χ2v) is 7.83. The molecule has 1 aliphatic carbocycles. The minimum absolute atomic E-state index is 0.116. The van der Waals surface area contributed by atoms with Gasteiger partial charge in [-0.1, -0.05) is 47.1 Å². The van der Waals surface area contributed by atoms with Gasteiger partial charge >= 0.3 is 0 Å². The molecule has 1 aromatic heterocycles. The van der Waals surface area contributed by atoms with E-state index in [1.165, 1.54) is 12.1 Å². The van der Waals surface area contributed by atoms with Crippen LogP contribution in [0.15, 0.2) is 53.1 Å². The summed E-state index contributed by atoms with van der Waals surface area (Å²) in [7, 11) is 1.57. The Morgan fingerprint density at radius 3 is 2.65 bits per heavy atom. The van der Waals surface area contributed by atoms with Gasteiger partial charge in [0, 0.05) is 30.1 Å². The zero-order chi connectivity index (χ0) is 22.0. The van der Waals surface area contributed by atoms with E-state index in [9.17, 15) is 14.0 Å². The molecule has 3 unspecified atom stereocenters. The van der Waals surface area contributed by atoms with Gasteiger partial charge in [0.25, 0.3) is 5.91 Å². The van der Waals surface area contributed by atoms with E-state index in [0.717, 1.165) is 11.6 Å². The molecule has 9 heteroatoms. The fraction of sp³-hybridized carbons (Fsp3) is 0.273. The number of hydrogen-bond donors (Lipinski definition) is 2. The monoisotopic (exact) mass is 442 g/mol. The number of carbonyl (C=O) groups is 2. The van der Waals surface area contributed by atoms with Crippen LogP contribution in [-0.2, 0) is 4.79 Å². The van der Waals surface area contributed by atoms with Crippen molar-refractivity contribution in [1.29, 1.82) is 0 Å². The molecule has 0 radical (unpaired) electrons. The summed E-state index contributed by atoms with van der Waals surface area (Å²) in [4.78, 5) is 29.5. The first kappa shape index (κ1) is 21.0. The van der Waals surface area contributed by atoms with Gasteiger partial charge in [0.05, 0.1) is 10.9 Å². The highest BCUT2D eigenvalue weighted by molar-refractivity contribution is 6.31. The van der Waals surface area contributed by atoms with E-state index in [2.05, 4.69) is 20.8 Å². The lowest BCUT2D eigenvalue weighted by Gasteiger charge is -2.18. The first-order valence-corrected chi connectivity index (χ1v) is 10.2. The van der Waals surface area contributed by atoms with Gasteiger partial charge in [-0.25, -0.2) is 4.39 Å². The summed E-state index contributed by atoms with van der Waals surface area (Å²) in [5, 5.41) is 9.49. The van der Waals surface area contributed by atoms with Crippen molar-refractivity contribution in [3.05, 3.63) is 70.8 Å². The first-order valence-electron chi connectivity index (χ1n) is 9.82. The summed E-state index contributed by atoms with van der Waals surface area (Å²) in [6.45, 7) is 0. The molecule has 0 saturated heterocycles. The molecule has 4 rings (SSSR count). The summed E-state index contributed by atoms with van der Waals surface area (Å²) < 4.78 is 18.9. The number of halogens is 2. The summed E-state index contributed by atoms with van der Waals surface area (Å²) in [6, 6.07) is 12.7. The Morgan fingerprint density at radius 2 is 1.94 bits per heavy atom. The van der Waals surface area contributed by atoms with Gasteiger partial charge in [0.2, 0.25) is 17.6 Å². The predicted octanol–water partition coefficient (Wildman–Crippen LogP) is 3.57. The largest absolute Gasteiger partial charge is 0.359 e. The van der Waals surface area contributed by atoms with Crippen molar-refractivity contribution in [1.82, 2.24) is 20.8 Å². The Kier molecular flexibility index (Phi) is 5.99. The van der Waals surface area contributed by atoms with Crippen molar-refractivity contribution in [3.63, 3.8) is 0 Å². The lowest BCUT2D eigenvalue weighted by atomic mass is 10.0. The smallest absolute Gasteiger partial charge is 0.251 e. The maximum absolute atomic E-state index is 13.4. The van der Waals surface area contributed by atoms with E-state index in [0.29, 0.717) is 24.6 Å². The Morgan fingerprint density at radius 1 is 1.16 bits per heavy atom. The van der Waals surface area contributed by atoms with E-state index in [4.69, 9.17) is 16.1 Å². The topological polar surface area (TPSA) is 97.1 Å². The molecule has 1 fully saturated rings. The molecule has 0 bridgehead atoms. The molecule has 1 aliphatic rings. The third kappa shape index (κ3) is 4.44. The molecule has 31 heavy (non-hydrogen) atoms. The van der Waals surface area contributed by atoms with Crippen molar-refractivity contribution in [3.8, 4) is 11.4 Å². The molecule has 3 atom stereocenters. The average Bonchev–Trinajstić information content (AvgIpc) is 3.43. The van der Waals surface area contributed by atoms with Crippen LogP contribution in [0.5, 0.6) is 0 Å². The van der Waals surface area contributed by atoms with E-state index in [1.54, 1.807) is 7.05 Å². The standard InChI is InChI=1S/C22H20ClFN4O3/c1-25-20(29)14-9-15(22-27-19(28-31-22)12-5-3-2-4-6-12)18(11-14)26-21(30)13-7-8-17(24)16(23)10-13/h2-8,10,14-15,18H,9,11H2,1H3,(H,25,29)(H,26,30). The van der Waals surface area contributed by atoms with Crippen LogP contribution in [0.25, 0.3) is 11.4 Å². The lowest BCUT2D eigenvalue weighted by molar-refractivity contribution is -0.124. The molecule has 3 aromatic rings. The quantitative estimate of drug-likeness (QED) is 0.629. The zero-order valence-corrected chi connectivity index (χ0v) is 17.4. The van der Waals surface area contributed by atoms with Gasteiger partial charge in [0.15, 0.2) is 0 Å². The fourth-order valence-corrected chi connectivity index (χ4v) is 4.05. The van der Waals surface area contributed by atoms with Crippen LogP contribution >= 0.6 is 11.6 Å². The second-order valence-electron chi connectivity index (χ2n) is 7.42.